The van der Waals surface area contributed by atoms with Gasteiger partial charge in [-0.2, -0.15) is 5.10 Å². The number of ether oxygens (including phenoxy) is 2. The van der Waals surface area contributed by atoms with E-state index in [2.05, 4.69) is 22.3 Å². The van der Waals surface area contributed by atoms with E-state index >= 15 is 0 Å². The predicted molar refractivity (Wildman–Crippen MR) is 94.7 cm³/mol. The molecule has 6 heteroatoms. The number of benzene rings is 1. The third kappa shape index (κ3) is 3.50. The molecule has 2 aliphatic rings. The molecular formula is C19H25N3O3. The van der Waals surface area contributed by atoms with E-state index in [0.29, 0.717) is 19.1 Å². The zero-order valence-electron chi connectivity index (χ0n) is 14.6. The highest BCUT2D eigenvalue weighted by Gasteiger charge is 2.24. The van der Waals surface area contributed by atoms with Crippen LogP contribution in [0, 0.1) is 5.92 Å². The highest BCUT2D eigenvalue weighted by atomic mass is 16.5. The van der Waals surface area contributed by atoms with Crippen LogP contribution in [0.1, 0.15) is 18.4 Å². The second-order valence-electron chi connectivity index (χ2n) is 6.96. The molecule has 0 aliphatic carbocycles. The van der Waals surface area contributed by atoms with Crippen LogP contribution in [0.25, 0.3) is 11.3 Å². The van der Waals surface area contributed by atoms with E-state index in [4.69, 9.17) is 9.47 Å². The lowest BCUT2D eigenvalue weighted by Gasteiger charge is -2.15. The van der Waals surface area contributed by atoms with Gasteiger partial charge in [-0.3, -0.25) is 9.58 Å². The average molecular weight is 343 g/mol. The molecule has 0 radical (unpaired) electrons. The van der Waals surface area contributed by atoms with Crippen LogP contribution >= 0.6 is 0 Å². The van der Waals surface area contributed by atoms with E-state index in [-0.39, 0.29) is 6.61 Å². The van der Waals surface area contributed by atoms with Gasteiger partial charge in [0.1, 0.15) is 0 Å². The largest absolute Gasteiger partial charge is 0.490 e. The Kier molecular flexibility index (Phi) is 4.63. The normalized spacial score (nSPS) is 20.6. The number of hydrogen-bond donors (Lipinski definition) is 1. The van der Waals surface area contributed by atoms with E-state index in [1.807, 2.05) is 23.9 Å². The molecule has 6 nitrogen and oxygen atoms in total. The Bertz CT molecular complexity index is 744. The molecule has 0 saturated carbocycles. The lowest BCUT2D eigenvalue weighted by atomic mass is 10.1. The fourth-order valence-electron chi connectivity index (χ4n) is 3.65. The van der Waals surface area contributed by atoms with Gasteiger partial charge in [0.15, 0.2) is 11.5 Å². The van der Waals surface area contributed by atoms with Crippen molar-refractivity contribution < 1.29 is 14.6 Å². The third-order valence-electron chi connectivity index (χ3n) is 4.95. The summed E-state index contributed by atoms with van der Waals surface area (Å²) in [4.78, 5) is 2.39. The van der Waals surface area contributed by atoms with Crippen LogP contribution < -0.4 is 9.47 Å². The summed E-state index contributed by atoms with van der Waals surface area (Å²) in [5.74, 6) is 2.01. The number of nitrogens with zero attached hydrogens (tertiary/aromatic N) is 3. The number of likely N-dealkylation sites (tertiary alicyclic amines) is 1. The van der Waals surface area contributed by atoms with Gasteiger partial charge >= 0.3 is 0 Å². The first-order chi connectivity index (χ1) is 12.2. The van der Waals surface area contributed by atoms with Crippen LogP contribution in [0.15, 0.2) is 24.4 Å². The first-order valence-corrected chi connectivity index (χ1v) is 8.98. The molecule has 1 fully saturated rings. The second-order valence-corrected chi connectivity index (χ2v) is 6.96. The van der Waals surface area contributed by atoms with Crippen molar-refractivity contribution in [2.75, 3.05) is 32.9 Å². The number of aromatic nitrogens is 2. The molecule has 25 heavy (non-hydrogen) atoms. The van der Waals surface area contributed by atoms with Crippen molar-refractivity contribution in [1.82, 2.24) is 14.7 Å². The zero-order valence-corrected chi connectivity index (χ0v) is 14.6. The van der Waals surface area contributed by atoms with Gasteiger partial charge in [0, 0.05) is 50.5 Å². The van der Waals surface area contributed by atoms with Crippen molar-refractivity contribution in [3.8, 4) is 22.8 Å². The maximum Gasteiger partial charge on any atom is 0.161 e. The van der Waals surface area contributed by atoms with Crippen molar-refractivity contribution in [3.05, 3.63) is 30.0 Å². The van der Waals surface area contributed by atoms with Crippen molar-refractivity contribution in [2.45, 2.75) is 19.4 Å². The fourth-order valence-corrected chi connectivity index (χ4v) is 3.65. The van der Waals surface area contributed by atoms with Gasteiger partial charge in [-0.05, 0) is 37.1 Å². The molecule has 2 aliphatic heterocycles. The molecule has 0 amide bonds. The lowest BCUT2D eigenvalue weighted by molar-refractivity contribution is 0.220. The molecule has 1 unspecified atom stereocenters. The minimum absolute atomic E-state index is 0.276. The number of hydrogen-bond acceptors (Lipinski definition) is 5. The molecule has 4 rings (SSSR count). The summed E-state index contributed by atoms with van der Waals surface area (Å²) < 4.78 is 13.4. The summed E-state index contributed by atoms with van der Waals surface area (Å²) in [7, 11) is 1.95. The number of rotatable bonds is 4. The van der Waals surface area contributed by atoms with Crippen LogP contribution in [0.5, 0.6) is 11.5 Å². The molecule has 134 valence electrons. The Morgan fingerprint density at radius 2 is 2.08 bits per heavy atom. The number of aliphatic hydroxyl groups excluding tert-OH is 1. The molecule has 1 saturated heterocycles. The molecule has 1 aromatic heterocycles. The Hall–Kier alpha value is -2.05. The van der Waals surface area contributed by atoms with Crippen LogP contribution in [0.2, 0.25) is 0 Å². The van der Waals surface area contributed by atoms with Crippen molar-refractivity contribution in [3.63, 3.8) is 0 Å². The van der Waals surface area contributed by atoms with Gasteiger partial charge in [0.05, 0.1) is 18.9 Å². The standard InChI is InChI=1S/C19H25N3O3/c1-21-11-16(12-22-6-5-14(10-22)13-23)19(20-21)15-3-4-17-18(9-15)25-8-2-7-24-17/h3-4,9,11,14,23H,2,5-8,10,12-13H2,1H3. The monoisotopic (exact) mass is 343 g/mol. The first-order valence-electron chi connectivity index (χ1n) is 8.98. The second kappa shape index (κ2) is 7.06. The van der Waals surface area contributed by atoms with Crippen molar-refractivity contribution in [1.29, 1.82) is 0 Å². The molecule has 1 aromatic carbocycles. The Labute approximate surface area is 148 Å². The number of aliphatic hydroxyl groups is 1. The van der Waals surface area contributed by atoms with E-state index in [1.54, 1.807) is 0 Å². The fraction of sp³-hybridized carbons (Fsp3) is 0.526. The van der Waals surface area contributed by atoms with Gasteiger partial charge in [0.2, 0.25) is 0 Å². The summed E-state index contributed by atoms with van der Waals surface area (Å²) in [6.45, 7) is 4.49. The Morgan fingerprint density at radius 1 is 1.24 bits per heavy atom. The number of fused-ring (bicyclic) bond motifs is 1. The smallest absolute Gasteiger partial charge is 0.161 e. The van der Waals surface area contributed by atoms with Crippen LogP contribution in [-0.4, -0.2) is 52.7 Å². The topological polar surface area (TPSA) is 59.8 Å². The van der Waals surface area contributed by atoms with Crippen molar-refractivity contribution >= 4 is 0 Å². The average Bonchev–Trinajstić information content (AvgIpc) is 3.14. The summed E-state index contributed by atoms with van der Waals surface area (Å²) in [6, 6.07) is 6.07. The maximum atomic E-state index is 9.35. The summed E-state index contributed by atoms with van der Waals surface area (Å²) in [6.07, 6.45) is 4.06. The van der Waals surface area contributed by atoms with Gasteiger partial charge in [-0.1, -0.05) is 0 Å². The van der Waals surface area contributed by atoms with E-state index < -0.39 is 0 Å². The predicted octanol–water partition coefficient (Wildman–Crippen LogP) is 2.06. The molecule has 2 aromatic rings. The van der Waals surface area contributed by atoms with Gasteiger partial charge in [-0.15, -0.1) is 0 Å². The van der Waals surface area contributed by atoms with Gasteiger partial charge in [0.25, 0.3) is 0 Å². The van der Waals surface area contributed by atoms with Gasteiger partial charge < -0.3 is 14.6 Å². The minimum atomic E-state index is 0.276. The molecule has 3 heterocycles. The molecular weight excluding hydrogens is 318 g/mol. The molecule has 0 spiro atoms. The van der Waals surface area contributed by atoms with E-state index in [0.717, 1.165) is 55.2 Å². The van der Waals surface area contributed by atoms with Gasteiger partial charge in [-0.25, -0.2) is 0 Å². The van der Waals surface area contributed by atoms with Crippen LogP contribution in [0.3, 0.4) is 0 Å². The molecule has 0 bridgehead atoms. The summed E-state index contributed by atoms with van der Waals surface area (Å²) in [5.41, 5.74) is 3.25. The zero-order chi connectivity index (χ0) is 17.2. The minimum Gasteiger partial charge on any atom is -0.490 e. The van der Waals surface area contributed by atoms with Crippen LogP contribution in [-0.2, 0) is 13.6 Å². The summed E-state index contributed by atoms with van der Waals surface area (Å²) in [5, 5.41) is 14.0. The number of aryl methyl sites for hydroxylation is 1. The highest BCUT2D eigenvalue weighted by Crippen LogP contribution is 2.35. The summed E-state index contributed by atoms with van der Waals surface area (Å²) >= 11 is 0. The SMILES string of the molecule is Cn1cc(CN2CCC(CO)C2)c(-c2ccc3c(c2)OCCCO3)n1. The van der Waals surface area contributed by atoms with E-state index in [1.165, 1.54) is 5.56 Å². The quantitative estimate of drug-likeness (QED) is 0.921. The first kappa shape index (κ1) is 16.4. The Balaban J connectivity index is 1.59. The highest BCUT2D eigenvalue weighted by molar-refractivity contribution is 5.66. The molecule has 1 N–H and O–H groups in total. The maximum absolute atomic E-state index is 9.35. The van der Waals surface area contributed by atoms with E-state index in [9.17, 15) is 5.11 Å². The lowest BCUT2D eigenvalue weighted by Crippen LogP contribution is -2.21. The Morgan fingerprint density at radius 3 is 2.88 bits per heavy atom. The third-order valence-corrected chi connectivity index (χ3v) is 4.95. The van der Waals surface area contributed by atoms with Crippen LogP contribution in [0.4, 0.5) is 0 Å². The molecule has 1 atom stereocenters. The van der Waals surface area contributed by atoms with Crippen molar-refractivity contribution in [2.24, 2.45) is 13.0 Å².